The highest BCUT2D eigenvalue weighted by molar-refractivity contribution is 5.69. The summed E-state index contributed by atoms with van der Waals surface area (Å²) in [5, 5.41) is 0. The molecule has 0 bridgehead atoms. The molecule has 1 aliphatic heterocycles. The minimum atomic E-state index is -0.0898. The van der Waals surface area contributed by atoms with Gasteiger partial charge in [-0.05, 0) is 19.1 Å². The number of esters is 1. The molecular formula is C15H22N2O2. The zero-order chi connectivity index (χ0) is 13.5. The Morgan fingerprint density at radius 3 is 2.47 bits per heavy atom. The Bertz CT molecular complexity index is 386. The van der Waals surface area contributed by atoms with Gasteiger partial charge >= 0.3 is 5.97 Å². The van der Waals surface area contributed by atoms with Crippen LogP contribution >= 0.6 is 0 Å². The quantitative estimate of drug-likeness (QED) is 0.757. The third-order valence-corrected chi connectivity index (χ3v) is 3.43. The molecule has 4 heteroatoms. The van der Waals surface area contributed by atoms with Gasteiger partial charge in [0.2, 0.25) is 0 Å². The van der Waals surface area contributed by atoms with Crippen molar-refractivity contribution in [2.24, 2.45) is 0 Å². The van der Waals surface area contributed by atoms with Gasteiger partial charge in [0.1, 0.15) is 0 Å². The monoisotopic (exact) mass is 262 g/mol. The third kappa shape index (κ3) is 4.24. The van der Waals surface area contributed by atoms with E-state index in [1.165, 1.54) is 5.69 Å². The number of rotatable bonds is 5. The van der Waals surface area contributed by atoms with Crippen molar-refractivity contribution in [2.45, 2.75) is 13.3 Å². The molecule has 1 saturated heterocycles. The fourth-order valence-electron chi connectivity index (χ4n) is 2.35. The van der Waals surface area contributed by atoms with E-state index in [2.05, 4.69) is 34.1 Å². The van der Waals surface area contributed by atoms with Crippen molar-refractivity contribution in [3.8, 4) is 0 Å². The van der Waals surface area contributed by atoms with E-state index in [4.69, 9.17) is 4.74 Å². The van der Waals surface area contributed by atoms with Crippen LogP contribution in [0.1, 0.15) is 13.3 Å². The van der Waals surface area contributed by atoms with Gasteiger partial charge in [0.15, 0.2) is 0 Å². The topological polar surface area (TPSA) is 32.8 Å². The first-order chi connectivity index (χ1) is 9.29. The Labute approximate surface area is 115 Å². The number of ether oxygens (including phenoxy) is 1. The SMILES string of the molecule is CCOC(=O)CCN1CCN(c2ccccc2)CC1. The Kier molecular flexibility index (Phi) is 5.21. The van der Waals surface area contributed by atoms with Crippen molar-refractivity contribution >= 4 is 11.7 Å². The van der Waals surface area contributed by atoms with Gasteiger partial charge in [0.25, 0.3) is 0 Å². The van der Waals surface area contributed by atoms with Crippen LogP contribution < -0.4 is 4.90 Å². The number of carbonyl (C=O) groups excluding carboxylic acids is 1. The molecule has 1 heterocycles. The van der Waals surface area contributed by atoms with Gasteiger partial charge in [0.05, 0.1) is 13.0 Å². The van der Waals surface area contributed by atoms with Crippen molar-refractivity contribution in [1.29, 1.82) is 0 Å². The molecule has 19 heavy (non-hydrogen) atoms. The van der Waals surface area contributed by atoms with Crippen LogP contribution in [0.5, 0.6) is 0 Å². The molecule has 0 radical (unpaired) electrons. The Morgan fingerprint density at radius 2 is 1.84 bits per heavy atom. The van der Waals surface area contributed by atoms with Crippen molar-refractivity contribution in [3.63, 3.8) is 0 Å². The molecule has 0 N–H and O–H groups in total. The molecule has 0 atom stereocenters. The van der Waals surface area contributed by atoms with Gasteiger partial charge in [-0.15, -0.1) is 0 Å². The van der Waals surface area contributed by atoms with Gasteiger partial charge in [-0.3, -0.25) is 9.69 Å². The van der Waals surface area contributed by atoms with Crippen molar-refractivity contribution in [1.82, 2.24) is 4.90 Å². The van der Waals surface area contributed by atoms with Crippen LogP contribution in [-0.2, 0) is 9.53 Å². The average Bonchev–Trinajstić information content (AvgIpc) is 2.47. The molecule has 0 unspecified atom stereocenters. The molecule has 1 aliphatic rings. The molecule has 104 valence electrons. The second-order valence-electron chi connectivity index (χ2n) is 4.72. The first-order valence-electron chi connectivity index (χ1n) is 6.97. The van der Waals surface area contributed by atoms with Crippen LogP contribution in [0.15, 0.2) is 30.3 Å². The number of benzene rings is 1. The molecular weight excluding hydrogens is 240 g/mol. The number of carbonyl (C=O) groups is 1. The van der Waals surface area contributed by atoms with E-state index >= 15 is 0 Å². The lowest BCUT2D eigenvalue weighted by Crippen LogP contribution is -2.46. The van der Waals surface area contributed by atoms with Crippen molar-refractivity contribution < 1.29 is 9.53 Å². The van der Waals surface area contributed by atoms with Crippen LogP contribution in [0.3, 0.4) is 0 Å². The highest BCUT2D eigenvalue weighted by atomic mass is 16.5. The van der Waals surface area contributed by atoms with E-state index in [1.807, 2.05) is 13.0 Å². The zero-order valence-corrected chi connectivity index (χ0v) is 11.5. The van der Waals surface area contributed by atoms with E-state index in [1.54, 1.807) is 0 Å². The summed E-state index contributed by atoms with van der Waals surface area (Å²) >= 11 is 0. The normalized spacial score (nSPS) is 16.4. The lowest BCUT2D eigenvalue weighted by molar-refractivity contribution is -0.143. The largest absolute Gasteiger partial charge is 0.466 e. The van der Waals surface area contributed by atoms with Crippen LogP contribution in [0, 0.1) is 0 Å². The number of nitrogens with zero attached hydrogens (tertiary/aromatic N) is 2. The van der Waals surface area contributed by atoms with Crippen molar-refractivity contribution in [3.05, 3.63) is 30.3 Å². The molecule has 0 spiro atoms. The maximum Gasteiger partial charge on any atom is 0.307 e. The second kappa shape index (κ2) is 7.14. The van der Waals surface area contributed by atoms with Crippen LogP contribution in [0.4, 0.5) is 5.69 Å². The maximum atomic E-state index is 11.3. The van der Waals surface area contributed by atoms with E-state index in [0.29, 0.717) is 13.0 Å². The van der Waals surface area contributed by atoms with Gasteiger partial charge < -0.3 is 9.64 Å². The van der Waals surface area contributed by atoms with Gasteiger partial charge in [0, 0.05) is 38.4 Å². The predicted octanol–water partition coefficient (Wildman–Crippen LogP) is 1.76. The van der Waals surface area contributed by atoms with Crippen LogP contribution in [0.2, 0.25) is 0 Å². The molecule has 1 aromatic carbocycles. The molecule has 1 fully saturated rings. The lowest BCUT2D eigenvalue weighted by atomic mass is 10.2. The van der Waals surface area contributed by atoms with Gasteiger partial charge in [-0.25, -0.2) is 0 Å². The summed E-state index contributed by atoms with van der Waals surface area (Å²) in [7, 11) is 0. The van der Waals surface area contributed by atoms with Gasteiger partial charge in [-0.2, -0.15) is 0 Å². The Morgan fingerprint density at radius 1 is 1.16 bits per heavy atom. The third-order valence-electron chi connectivity index (χ3n) is 3.43. The maximum absolute atomic E-state index is 11.3. The molecule has 4 nitrogen and oxygen atoms in total. The highest BCUT2D eigenvalue weighted by Crippen LogP contribution is 2.15. The molecule has 2 rings (SSSR count). The Balaban J connectivity index is 1.72. The number of para-hydroxylation sites is 1. The predicted molar refractivity (Wildman–Crippen MR) is 76.3 cm³/mol. The summed E-state index contributed by atoms with van der Waals surface area (Å²) in [4.78, 5) is 16.0. The van der Waals surface area contributed by atoms with Crippen LogP contribution in [0.25, 0.3) is 0 Å². The highest BCUT2D eigenvalue weighted by Gasteiger charge is 2.17. The summed E-state index contributed by atoms with van der Waals surface area (Å²) in [6, 6.07) is 10.5. The van der Waals surface area contributed by atoms with E-state index in [-0.39, 0.29) is 5.97 Å². The zero-order valence-electron chi connectivity index (χ0n) is 11.5. The summed E-state index contributed by atoms with van der Waals surface area (Å²) < 4.78 is 4.95. The molecule has 0 aliphatic carbocycles. The first kappa shape index (κ1) is 13.9. The number of hydrogen-bond donors (Lipinski definition) is 0. The summed E-state index contributed by atoms with van der Waals surface area (Å²) in [6.45, 7) is 7.18. The van der Waals surface area contributed by atoms with Crippen LogP contribution in [-0.4, -0.2) is 50.2 Å². The molecule has 0 saturated carbocycles. The lowest BCUT2D eigenvalue weighted by Gasteiger charge is -2.35. The minimum absolute atomic E-state index is 0.0898. The summed E-state index contributed by atoms with van der Waals surface area (Å²) in [6.07, 6.45) is 0.499. The molecule has 0 amide bonds. The van der Waals surface area contributed by atoms with Crippen molar-refractivity contribution in [2.75, 3.05) is 44.2 Å². The fourth-order valence-corrected chi connectivity index (χ4v) is 2.35. The first-order valence-corrected chi connectivity index (χ1v) is 6.97. The number of hydrogen-bond acceptors (Lipinski definition) is 4. The van der Waals surface area contributed by atoms with Gasteiger partial charge in [-0.1, -0.05) is 18.2 Å². The fraction of sp³-hybridized carbons (Fsp3) is 0.533. The Hall–Kier alpha value is -1.55. The molecule has 0 aromatic heterocycles. The number of anilines is 1. The van der Waals surface area contributed by atoms with E-state index < -0.39 is 0 Å². The average molecular weight is 262 g/mol. The smallest absolute Gasteiger partial charge is 0.307 e. The minimum Gasteiger partial charge on any atom is -0.466 e. The summed E-state index contributed by atoms with van der Waals surface area (Å²) in [5.41, 5.74) is 1.28. The van der Waals surface area contributed by atoms with E-state index in [9.17, 15) is 4.79 Å². The second-order valence-corrected chi connectivity index (χ2v) is 4.72. The summed E-state index contributed by atoms with van der Waals surface area (Å²) in [5.74, 6) is -0.0898. The van der Waals surface area contributed by atoms with E-state index in [0.717, 1.165) is 32.7 Å². The molecule has 1 aromatic rings. The number of piperazine rings is 1. The standard InChI is InChI=1S/C15H22N2O2/c1-2-19-15(18)8-9-16-10-12-17(13-11-16)14-6-4-3-5-7-14/h3-7H,2,8-13H2,1H3.